The molecule has 5 heteroatoms. The van der Waals surface area contributed by atoms with Crippen molar-refractivity contribution in [3.05, 3.63) is 22.4 Å². The Labute approximate surface area is 124 Å². The van der Waals surface area contributed by atoms with Crippen molar-refractivity contribution in [2.24, 2.45) is 0 Å². The van der Waals surface area contributed by atoms with E-state index in [2.05, 4.69) is 54.0 Å². The number of halogens is 1. The second-order valence-electron chi connectivity index (χ2n) is 5.07. The van der Waals surface area contributed by atoms with Gasteiger partial charge < -0.3 is 14.8 Å². The second kappa shape index (κ2) is 7.70. The average molecular weight is 330 g/mol. The van der Waals surface area contributed by atoms with E-state index in [4.69, 9.17) is 0 Å². The molecule has 0 atom stereocenters. The van der Waals surface area contributed by atoms with Crippen molar-refractivity contribution in [3.63, 3.8) is 0 Å². The van der Waals surface area contributed by atoms with Gasteiger partial charge in [-0.15, -0.1) is 0 Å². The van der Waals surface area contributed by atoms with E-state index in [0.717, 1.165) is 29.7 Å². The van der Waals surface area contributed by atoms with Crippen molar-refractivity contribution in [2.45, 2.75) is 39.8 Å². The summed E-state index contributed by atoms with van der Waals surface area (Å²) in [4.78, 5) is 14.3. The van der Waals surface area contributed by atoms with Crippen molar-refractivity contribution in [1.82, 2.24) is 14.8 Å². The van der Waals surface area contributed by atoms with Crippen LogP contribution in [0.1, 0.15) is 37.7 Å². The molecule has 1 amide bonds. The number of amides is 1. The number of rotatable bonds is 7. The molecule has 0 unspecified atom stereocenters. The van der Waals surface area contributed by atoms with Crippen LogP contribution in [-0.2, 0) is 6.54 Å². The number of nitrogens with zero attached hydrogens (tertiary/aromatic N) is 2. The first-order chi connectivity index (χ1) is 8.95. The second-order valence-corrected chi connectivity index (χ2v) is 5.98. The fourth-order valence-electron chi connectivity index (χ4n) is 1.79. The van der Waals surface area contributed by atoms with E-state index in [0.29, 0.717) is 12.6 Å². The molecule has 108 valence electrons. The fourth-order valence-corrected chi connectivity index (χ4v) is 2.25. The third kappa shape index (κ3) is 4.99. The van der Waals surface area contributed by atoms with E-state index in [-0.39, 0.29) is 5.91 Å². The average Bonchev–Trinajstić information content (AvgIpc) is 2.70. The van der Waals surface area contributed by atoms with Gasteiger partial charge in [-0.25, -0.2) is 0 Å². The zero-order chi connectivity index (χ0) is 14.4. The van der Waals surface area contributed by atoms with E-state index in [1.165, 1.54) is 0 Å². The molecular formula is C14H24BrN3O. The number of carbonyl (C=O) groups is 1. The number of likely N-dealkylation sites (N-methyl/N-ethyl adjacent to an activating group) is 1. The topological polar surface area (TPSA) is 37.3 Å². The van der Waals surface area contributed by atoms with Gasteiger partial charge in [-0.1, -0.05) is 6.92 Å². The van der Waals surface area contributed by atoms with E-state index < -0.39 is 0 Å². The summed E-state index contributed by atoms with van der Waals surface area (Å²) in [5, 5.41) is 2.97. The number of hydrogen-bond acceptors (Lipinski definition) is 2. The third-order valence-corrected chi connectivity index (χ3v) is 3.63. The van der Waals surface area contributed by atoms with Crippen LogP contribution in [-0.4, -0.2) is 41.6 Å². The van der Waals surface area contributed by atoms with Crippen LogP contribution in [0.4, 0.5) is 0 Å². The van der Waals surface area contributed by atoms with Gasteiger partial charge in [0.25, 0.3) is 5.91 Å². The molecule has 0 saturated carbocycles. The third-order valence-electron chi connectivity index (χ3n) is 3.19. The normalized spacial score (nSPS) is 11.3. The maximum absolute atomic E-state index is 12.1. The quantitative estimate of drug-likeness (QED) is 0.835. The molecule has 0 saturated heterocycles. The van der Waals surface area contributed by atoms with Crippen LogP contribution in [0.5, 0.6) is 0 Å². The lowest BCUT2D eigenvalue weighted by Crippen LogP contribution is -2.36. The van der Waals surface area contributed by atoms with Crippen molar-refractivity contribution in [2.75, 3.05) is 20.1 Å². The smallest absolute Gasteiger partial charge is 0.267 e. The molecule has 1 aromatic heterocycles. The Morgan fingerprint density at radius 1 is 1.53 bits per heavy atom. The van der Waals surface area contributed by atoms with Crippen LogP contribution in [0.3, 0.4) is 0 Å². The van der Waals surface area contributed by atoms with Crippen LogP contribution < -0.4 is 5.32 Å². The number of hydrogen-bond donors (Lipinski definition) is 1. The minimum Gasteiger partial charge on any atom is -0.349 e. The summed E-state index contributed by atoms with van der Waals surface area (Å²) in [6.07, 6.45) is 2.97. The molecule has 4 nitrogen and oxygen atoms in total. The molecule has 1 N–H and O–H groups in total. The zero-order valence-electron chi connectivity index (χ0n) is 12.2. The molecule has 0 aliphatic rings. The maximum atomic E-state index is 12.1. The standard InChI is InChI=1S/C14H24BrN3O/c1-5-7-18-10-12(15)9-13(18)14(19)16-6-8-17(4)11(2)3/h9-11H,5-8H2,1-4H3,(H,16,19). The van der Waals surface area contributed by atoms with Gasteiger partial charge in [-0.05, 0) is 49.3 Å². The molecule has 0 aromatic carbocycles. The number of carbonyl (C=O) groups excluding carboxylic acids is 1. The number of aromatic nitrogens is 1. The Morgan fingerprint density at radius 2 is 2.21 bits per heavy atom. The first-order valence-corrected chi connectivity index (χ1v) is 7.59. The molecule has 0 radical (unpaired) electrons. The fraction of sp³-hybridized carbons (Fsp3) is 0.643. The van der Waals surface area contributed by atoms with Crippen LogP contribution in [0, 0.1) is 0 Å². The summed E-state index contributed by atoms with van der Waals surface area (Å²) in [7, 11) is 2.06. The number of aryl methyl sites for hydroxylation is 1. The molecule has 0 fully saturated rings. The van der Waals surface area contributed by atoms with Gasteiger partial charge in [0, 0.05) is 36.3 Å². The van der Waals surface area contributed by atoms with Gasteiger partial charge in [0.2, 0.25) is 0 Å². The zero-order valence-corrected chi connectivity index (χ0v) is 13.8. The van der Waals surface area contributed by atoms with Gasteiger partial charge in [-0.3, -0.25) is 4.79 Å². The van der Waals surface area contributed by atoms with Crippen LogP contribution in [0.25, 0.3) is 0 Å². The molecule has 19 heavy (non-hydrogen) atoms. The van der Waals surface area contributed by atoms with Crippen molar-refractivity contribution >= 4 is 21.8 Å². The van der Waals surface area contributed by atoms with Gasteiger partial charge in [0.1, 0.15) is 5.69 Å². The van der Waals surface area contributed by atoms with Gasteiger partial charge in [0.15, 0.2) is 0 Å². The number of nitrogens with one attached hydrogen (secondary N) is 1. The van der Waals surface area contributed by atoms with Gasteiger partial charge in [0.05, 0.1) is 0 Å². The van der Waals surface area contributed by atoms with E-state index >= 15 is 0 Å². The van der Waals surface area contributed by atoms with Crippen LogP contribution in [0.2, 0.25) is 0 Å². The molecular weight excluding hydrogens is 306 g/mol. The molecule has 0 spiro atoms. The van der Waals surface area contributed by atoms with Crippen molar-refractivity contribution < 1.29 is 4.79 Å². The van der Waals surface area contributed by atoms with E-state index in [1.54, 1.807) is 0 Å². The highest BCUT2D eigenvalue weighted by atomic mass is 79.9. The molecule has 0 aliphatic carbocycles. The highest BCUT2D eigenvalue weighted by Gasteiger charge is 2.12. The molecule has 0 bridgehead atoms. The highest BCUT2D eigenvalue weighted by Crippen LogP contribution is 2.15. The lowest BCUT2D eigenvalue weighted by molar-refractivity contribution is 0.0938. The predicted octanol–water partition coefficient (Wildman–Crippen LogP) is 2.73. The molecule has 1 aromatic rings. The summed E-state index contributed by atoms with van der Waals surface area (Å²) in [5.41, 5.74) is 0.723. The maximum Gasteiger partial charge on any atom is 0.267 e. The molecule has 1 heterocycles. The van der Waals surface area contributed by atoms with Crippen molar-refractivity contribution in [1.29, 1.82) is 0 Å². The van der Waals surface area contributed by atoms with Gasteiger partial charge in [-0.2, -0.15) is 0 Å². The molecule has 1 rings (SSSR count). The van der Waals surface area contributed by atoms with Gasteiger partial charge >= 0.3 is 0 Å². The predicted molar refractivity (Wildman–Crippen MR) is 82.5 cm³/mol. The first kappa shape index (κ1) is 16.2. The SMILES string of the molecule is CCCn1cc(Br)cc1C(=O)NCCN(C)C(C)C. The highest BCUT2D eigenvalue weighted by molar-refractivity contribution is 9.10. The first-order valence-electron chi connectivity index (χ1n) is 6.79. The van der Waals surface area contributed by atoms with E-state index in [9.17, 15) is 4.79 Å². The Kier molecular flexibility index (Phi) is 6.58. The lowest BCUT2D eigenvalue weighted by atomic mass is 10.3. The summed E-state index contributed by atoms with van der Waals surface area (Å²) >= 11 is 3.42. The summed E-state index contributed by atoms with van der Waals surface area (Å²) < 4.78 is 2.94. The Bertz CT molecular complexity index is 415. The minimum atomic E-state index is -0.00342. The van der Waals surface area contributed by atoms with Crippen molar-refractivity contribution in [3.8, 4) is 0 Å². The largest absolute Gasteiger partial charge is 0.349 e. The summed E-state index contributed by atoms with van der Waals surface area (Å²) in [5.74, 6) is -0.00342. The minimum absolute atomic E-state index is 0.00342. The summed E-state index contributed by atoms with van der Waals surface area (Å²) in [6.45, 7) is 8.78. The Morgan fingerprint density at radius 3 is 2.79 bits per heavy atom. The monoisotopic (exact) mass is 329 g/mol. The van der Waals surface area contributed by atoms with Crippen LogP contribution >= 0.6 is 15.9 Å². The Balaban J connectivity index is 2.53. The van der Waals surface area contributed by atoms with Crippen LogP contribution in [0.15, 0.2) is 16.7 Å². The van der Waals surface area contributed by atoms with E-state index in [1.807, 2.05) is 16.8 Å². The lowest BCUT2D eigenvalue weighted by Gasteiger charge is -2.20. The summed E-state index contributed by atoms with van der Waals surface area (Å²) in [6, 6.07) is 2.37. The Hall–Kier alpha value is -0.810. The molecule has 0 aliphatic heterocycles.